The summed E-state index contributed by atoms with van der Waals surface area (Å²) in [7, 11) is 3.96. The molecule has 0 unspecified atom stereocenters. The number of thiophene rings is 1. The highest BCUT2D eigenvalue weighted by molar-refractivity contribution is 7.13. The van der Waals surface area contributed by atoms with Crippen LogP contribution in [0.5, 0.6) is 0 Å². The van der Waals surface area contributed by atoms with E-state index in [0.717, 1.165) is 67.4 Å². The van der Waals surface area contributed by atoms with Gasteiger partial charge in [-0.1, -0.05) is 0 Å². The van der Waals surface area contributed by atoms with Gasteiger partial charge in [0.15, 0.2) is 0 Å². The number of nitrogens with zero attached hydrogens (tertiary/aromatic N) is 5. The lowest BCUT2D eigenvalue weighted by Crippen LogP contribution is -2.47. The topological polar surface area (TPSA) is 121 Å². The SMILES string of the molecule is Cc1ccc(C(=O)N2CCC3(CCc4nnc(C(=O)NCCN(C)C)n4C3)CC2)s1.O=C(O)C(F)(F)F. The number of carbonyl (C=O) groups excluding carboxylic acids is 2. The molecule has 0 bridgehead atoms. The number of carboxylic acids is 1. The first kappa shape index (κ1) is 28.6. The maximum atomic E-state index is 12.8. The number of hydrogen-bond acceptors (Lipinski definition) is 7. The van der Waals surface area contributed by atoms with Crippen LogP contribution in [0.3, 0.4) is 0 Å². The van der Waals surface area contributed by atoms with Gasteiger partial charge in [-0.25, -0.2) is 4.79 Å². The first-order valence-corrected chi connectivity index (χ1v) is 12.6. The summed E-state index contributed by atoms with van der Waals surface area (Å²) < 4.78 is 33.7. The van der Waals surface area contributed by atoms with Crippen molar-refractivity contribution in [1.29, 1.82) is 0 Å². The predicted octanol–water partition coefficient (Wildman–Crippen LogP) is 2.44. The van der Waals surface area contributed by atoms with Crippen LogP contribution in [0.25, 0.3) is 0 Å². The molecule has 0 aliphatic carbocycles. The molecular weight excluding hydrogens is 513 g/mol. The average Bonchev–Trinajstić information content (AvgIpc) is 3.44. The third-order valence-electron chi connectivity index (χ3n) is 6.55. The van der Waals surface area contributed by atoms with Crippen LogP contribution >= 0.6 is 11.3 Å². The maximum absolute atomic E-state index is 12.8. The molecule has 4 rings (SSSR count). The largest absolute Gasteiger partial charge is 0.490 e. The van der Waals surface area contributed by atoms with E-state index in [1.165, 1.54) is 0 Å². The third-order valence-corrected chi connectivity index (χ3v) is 7.54. The number of amides is 2. The number of carboxylic acid groups (broad SMARTS) is 1. The van der Waals surface area contributed by atoms with Crippen LogP contribution in [-0.4, -0.2) is 93.9 Å². The zero-order chi connectivity index (χ0) is 27.4. The fourth-order valence-electron chi connectivity index (χ4n) is 4.42. The summed E-state index contributed by atoms with van der Waals surface area (Å²) in [6.45, 7) is 5.67. The van der Waals surface area contributed by atoms with Crippen molar-refractivity contribution in [3.05, 3.63) is 33.5 Å². The van der Waals surface area contributed by atoms with Gasteiger partial charge in [0.05, 0.1) is 4.88 Å². The Morgan fingerprint density at radius 2 is 1.81 bits per heavy atom. The Balaban J connectivity index is 0.000000479. The second kappa shape index (κ2) is 11.6. The minimum atomic E-state index is -5.08. The third kappa shape index (κ3) is 7.28. The first-order chi connectivity index (χ1) is 17.3. The number of hydrogen-bond donors (Lipinski definition) is 2. The van der Waals surface area contributed by atoms with Crippen molar-refractivity contribution < 1.29 is 32.7 Å². The van der Waals surface area contributed by atoms with Gasteiger partial charge >= 0.3 is 12.1 Å². The zero-order valence-electron chi connectivity index (χ0n) is 21.0. The van der Waals surface area contributed by atoms with Gasteiger partial charge in [0.2, 0.25) is 5.82 Å². The van der Waals surface area contributed by atoms with E-state index in [2.05, 4.69) is 15.5 Å². The van der Waals surface area contributed by atoms with E-state index in [-0.39, 0.29) is 17.2 Å². The first-order valence-electron chi connectivity index (χ1n) is 11.8. The number of likely N-dealkylation sites (N-methyl/N-ethyl adjacent to an activating group) is 1. The van der Waals surface area contributed by atoms with Crippen molar-refractivity contribution in [2.24, 2.45) is 5.41 Å². The summed E-state index contributed by atoms with van der Waals surface area (Å²) in [6, 6.07) is 3.93. The Labute approximate surface area is 216 Å². The monoisotopic (exact) mass is 544 g/mol. The number of piperidine rings is 1. The molecule has 0 radical (unpaired) electrons. The molecule has 2 amide bonds. The van der Waals surface area contributed by atoms with Crippen LogP contribution in [0.15, 0.2) is 12.1 Å². The lowest BCUT2D eigenvalue weighted by Gasteiger charge is -2.44. The lowest BCUT2D eigenvalue weighted by molar-refractivity contribution is -0.192. The minimum Gasteiger partial charge on any atom is -0.475 e. The number of rotatable bonds is 5. The average molecular weight is 545 g/mol. The molecule has 10 nitrogen and oxygen atoms in total. The Morgan fingerprint density at radius 3 is 2.35 bits per heavy atom. The number of fused-ring (bicyclic) bond motifs is 1. The number of halogens is 3. The fraction of sp³-hybridized carbons (Fsp3) is 0.609. The highest BCUT2D eigenvalue weighted by Gasteiger charge is 2.41. The maximum Gasteiger partial charge on any atom is 0.490 e. The standard InChI is InChI=1S/C21H30N6O2S.C2HF3O2/c1-15-4-5-16(30-15)20(29)26-11-8-21(9-12-26)7-6-17-23-24-18(27(17)14-21)19(28)22-10-13-25(2)3;3-2(4,5)1(6)7/h4-5H,6-14H2,1-3H3,(H,22,28);(H,6,7). The van der Waals surface area contributed by atoms with Crippen LogP contribution in [0.2, 0.25) is 0 Å². The molecule has 1 fully saturated rings. The van der Waals surface area contributed by atoms with Crippen molar-refractivity contribution in [3.63, 3.8) is 0 Å². The highest BCUT2D eigenvalue weighted by atomic mass is 32.1. The molecule has 1 spiro atoms. The molecule has 1 saturated heterocycles. The van der Waals surface area contributed by atoms with Gasteiger partial charge in [-0.3, -0.25) is 9.59 Å². The summed E-state index contributed by atoms with van der Waals surface area (Å²) in [5.74, 6) is -1.47. The van der Waals surface area contributed by atoms with Crippen molar-refractivity contribution in [1.82, 2.24) is 29.9 Å². The molecule has 0 saturated carbocycles. The normalized spacial score (nSPS) is 16.7. The molecule has 2 N–H and O–H groups in total. The quantitative estimate of drug-likeness (QED) is 0.593. The second-order valence-electron chi connectivity index (χ2n) is 9.59. The second-order valence-corrected chi connectivity index (χ2v) is 10.9. The highest BCUT2D eigenvalue weighted by Crippen LogP contribution is 2.41. The summed E-state index contributed by atoms with van der Waals surface area (Å²) in [4.78, 5) is 40.3. The molecule has 2 aromatic heterocycles. The lowest BCUT2D eigenvalue weighted by atomic mass is 9.73. The predicted molar refractivity (Wildman–Crippen MR) is 130 cm³/mol. The van der Waals surface area contributed by atoms with Gasteiger partial charge in [0, 0.05) is 44.0 Å². The molecule has 4 heterocycles. The van der Waals surface area contributed by atoms with Gasteiger partial charge in [0.25, 0.3) is 11.8 Å². The van der Waals surface area contributed by atoms with E-state index in [9.17, 15) is 22.8 Å². The molecule has 2 aliphatic heterocycles. The van der Waals surface area contributed by atoms with E-state index in [0.29, 0.717) is 12.4 Å². The fourth-order valence-corrected chi connectivity index (χ4v) is 5.25. The zero-order valence-corrected chi connectivity index (χ0v) is 21.8. The molecule has 37 heavy (non-hydrogen) atoms. The van der Waals surface area contributed by atoms with Gasteiger partial charge in [-0.2, -0.15) is 13.2 Å². The molecule has 14 heteroatoms. The summed E-state index contributed by atoms with van der Waals surface area (Å²) in [6.07, 6.45) is -1.33. The van der Waals surface area contributed by atoms with Crippen molar-refractivity contribution >= 4 is 29.1 Å². The van der Waals surface area contributed by atoms with Crippen LogP contribution in [0.4, 0.5) is 13.2 Å². The number of nitrogens with one attached hydrogen (secondary N) is 1. The molecule has 0 atom stereocenters. The smallest absolute Gasteiger partial charge is 0.475 e. The number of alkyl halides is 3. The Bertz CT molecular complexity index is 1120. The van der Waals surface area contributed by atoms with E-state index >= 15 is 0 Å². The number of aliphatic carboxylic acids is 1. The molecule has 2 aromatic rings. The van der Waals surface area contributed by atoms with Crippen LogP contribution in [-0.2, 0) is 17.8 Å². The number of aryl methyl sites for hydroxylation is 2. The number of carbonyl (C=O) groups is 3. The minimum absolute atomic E-state index is 0.107. The van der Waals surface area contributed by atoms with Gasteiger partial charge in [0.1, 0.15) is 5.82 Å². The van der Waals surface area contributed by atoms with Crippen LogP contribution < -0.4 is 5.32 Å². The number of aromatic nitrogens is 3. The van der Waals surface area contributed by atoms with Crippen molar-refractivity contribution in [2.45, 2.75) is 45.3 Å². The Hall–Kier alpha value is -3.00. The van der Waals surface area contributed by atoms with Gasteiger partial charge < -0.3 is 24.8 Å². The molecule has 2 aliphatic rings. The van der Waals surface area contributed by atoms with Gasteiger partial charge in [-0.05, 0) is 57.8 Å². The Morgan fingerprint density at radius 1 is 1.16 bits per heavy atom. The Kier molecular flexibility index (Phi) is 8.95. The molecule has 0 aromatic carbocycles. The van der Waals surface area contributed by atoms with Crippen molar-refractivity contribution in [3.8, 4) is 0 Å². The van der Waals surface area contributed by atoms with Crippen LogP contribution in [0.1, 0.15) is 50.3 Å². The van der Waals surface area contributed by atoms with Crippen molar-refractivity contribution in [2.75, 3.05) is 40.3 Å². The van der Waals surface area contributed by atoms with Crippen LogP contribution in [0, 0.1) is 12.3 Å². The molecular formula is C23H31F3N6O4S. The molecule has 204 valence electrons. The van der Waals surface area contributed by atoms with E-state index in [4.69, 9.17) is 9.90 Å². The summed E-state index contributed by atoms with van der Waals surface area (Å²) in [5, 5.41) is 18.5. The summed E-state index contributed by atoms with van der Waals surface area (Å²) >= 11 is 1.56. The van der Waals surface area contributed by atoms with E-state index in [1.807, 2.05) is 47.5 Å². The van der Waals surface area contributed by atoms with E-state index in [1.54, 1.807) is 11.3 Å². The summed E-state index contributed by atoms with van der Waals surface area (Å²) in [5.41, 5.74) is 0.107. The number of likely N-dealkylation sites (tertiary alicyclic amines) is 1. The van der Waals surface area contributed by atoms with Gasteiger partial charge in [-0.15, -0.1) is 21.5 Å². The van der Waals surface area contributed by atoms with E-state index < -0.39 is 12.1 Å².